The molecule has 9 heteroatoms. The first-order valence-electron chi connectivity index (χ1n) is 5.67. The summed E-state index contributed by atoms with van der Waals surface area (Å²) in [5, 5.41) is 17.7. The van der Waals surface area contributed by atoms with Gasteiger partial charge in [-0.3, -0.25) is 0 Å². The molecule has 0 aliphatic carbocycles. The third-order valence-corrected chi connectivity index (χ3v) is 5.82. The Bertz CT molecular complexity index is 752. The standard InChI is InChI=1S/C12H10Cl2O6S/c1-5(15)8-3-6-2-7(20-4-9(16)17)10(13)11(14)12(6)21(8,18)19/h2-3,5,15H,4H2,1H3,(H,16,17). The van der Waals surface area contributed by atoms with Crippen LogP contribution in [0.3, 0.4) is 0 Å². The Hall–Kier alpha value is -1.28. The summed E-state index contributed by atoms with van der Waals surface area (Å²) in [6.45, 7) is 0.668. The number of aliphatic carboxylic acids is 1. The lowest BCUT2D eigenvalue weighted by molar-refractivity contribution is -0.139. The number of fused-ring (bicyclic) bond motifs is 1. The molecule has 0 saturated heterocycles. The van der Waals surface area contributed by atoms with Crippen molar-refractivity contribution in [2.45, 2.75) is 17.9 Å². The van der Waals surface area contributed by atoms with Crippen LogP contribution in [0.4, 0.5) is 0 Å². The molecule has 1 aliphatic rings. The van der Waals surface area contributed by atoms with E-state index in [4.69, 9.17) is 33.0 Å². The van der Waals surface area contributed by atoms with E-state index in [1.54, 1.807) is 0 Å². The number of halogens is 2. The van der Waals surface area contributed by atoms with E-state index < -0.39 is 28.5 Å². The van der Waals surface area contributed by atoms with Gasteiger partial charge in [0.1, 0.15) is 10.8 Å². The first-order chi connectivity index (χ1) is 9.66. The third kappa shape index (κ3) is 2.74. The van der Waals surface area contributed by atoms with Gasteiger partial charge in [0.15, 0.2) is 6.61 Å². The highest BCUT2D eigenvalue weighted by molar-refractivity contribution is 7.96. The van der Waals surface area contributed by atoms with Crippen LogP contribution in [0, 0.1) is 0 Å². The van der Waals surface area contributed by atoms with Gasteiger partial charge >= 0.3 is 5.97 Å². The van der Waals surface area contributed by atoms with Crippen LogP contribution in [-0.2, 0) is 14.6 Å². The van der Waals surface area contributed by atoms with Crippen LogP contribution in [0.2, 0.25) is 10.0 Å². The maximum Gasteiger partial charge on any atom is 0.341 e. The maximum absolute atomic E-state index is 12.3. The van der Waals surface area contributed by atoms with Gasteiger partial charge in [-0.15, -0.1) is 0 Å². The van der Waals surface area contributed by atoms with Crippen molar-refractivity contribution in [2.75, 3.05) is 6.61 Å². The number of carbonyl (C=O) groups is 1. The zero-order valence-electron chi connectivity index (χ0n) is 10.6. The number of ether oxygens (including phenoxy) is 1. The van der Waals surface area contributed by atoms with Crippen LogP contribution in [0.25, 0.3) is 6.08 Å². The fraction of sp³-hybridized carbons (Fsp3) is 0.250. The Morgan fingerprint density at radius 2 is 2.00 bits per heavy atom. The van der Waals surface area contributed by atoms with E-state index in [0.29, 0.717) is 0 Å². The highest BCUT2D eigenvalue weighted by atomic mass is 35.5. The monoisotopic (exact) mass is 352 g/mol. The van der Waals surface area contributed by atoms with Gasteiger partial charge in [0.05, 0.1) is 20.9 Å². The summed E-state index contributed by atoms with van der Waals surface area (Å²) in [7, 11) is -3.92. The number of carboxylic acids is 1. The fourth-order valence-corrected chi connectivity index (χ4v) is 4.42. The van der Waals surface area contributed by atoms with E-state index in [2.05, 4.69) is 0 Å². The van der Waals surface area contributed by atoms with Crippen molar-refractivity contribution < 1.29 is 28.2 Å². The second-order valence-corrected chi connectivity index (χ2v) is 6.97. The van der Waals surface area contributed by atoms with Crippen LogP contribution >= 0.6 is 23.2 Å². The van der Waals surface area contributed by atoms with Crippen molar-refractivity contribution in [1.29, 1.82) is 0 Å². The largest absolute Gasteiger partial charge is 0.480 e. The molecule has 1 aliphatic heterocycles. The molecule has 0 aromatic heterocycles. The van der Waals surface area contributed by atoms with Crippen LogP contribution in [-0.4, -0.2) is 37.3 Å². The second-order valence-electron chi connectivity index (χ2n) is 4.33. The molecular formula is C12H10Cl2O6S. The molecular weight excluding hydrogens is 343 g/mol. The van der Waals surface area contributed by atoms with E-state index in [1.165, 1.54) is 19.1 Å². The van der Waals surface area contributed by atoms with Crippen molar-refractivity contribution in [2.24, 2.45) is 0 Å². The maximum atomic E-state index is 12.3. The van der Waals surface area contributed by atoms with Gasteiger partial charge in [0.25, 0.3) is 0 Å². The highest BCUT2D eigenvalue weighted by Gasteiger charge is 2.36. The summed E-state index contributed by atoms with van der Waals surface area (Å²) in [6, 6.07) is 1.28. The summed E-state index contributed by atoms with van der Waals surface area (Å²) >= 11 is 11.9. The lowest BCUT2D eigenvalue weighted by Gasteiger charge is -2.11. The molecule has 0 radical (unpaired) electrons. The Morgan fingerprint density at radius 1 is 1.38 bits per heavy atom. The molecule has 0 amide bonds. The number of sulfone groups is 1. The van der Waals surface area contributed by atoms with Crippen molar-refractivity contribution in [1.82, 2.24) is 0 Å². The van der Waals surface area contributed by atoms with Crippen LogP contribution in [0.1, 0.15) is 12.5 Å². The normalized spacial score (nSPS) is 17.0. The molecule has 1 atom stereocenters. The minimum Gasteiger partial charge on any atom is -0.480 e. The van der Waals surface area contributed by atoms with Crippen molar-refractivity contribution in [3.05, 3.63) is 26.6 Å². The summed E-state index contributed by atoms with van der Waals surface area (Å²) in [6.07, 6.45) is 0.0474. The first-order valence-corrected chi connectivity index (χ1v) is 7.91. The highest BCUT2D eigenvalue weighted by Crippen LogP contribution is 2.46. The summed E-state index contributed by atoms with van der Waals surface area (Å²) < 4.78 is 29.5. The fourth-order valence-electron chi connectivity index (χ4n) is 1.92. The molecule has 2 rings (SSSR count). The molecule has 0 fully saturated rings. The second kappa shape index (κ2) is 5.49. The zero-order valence-corrected chi connectivity index (χ0v) is 13.0. The average molecular weight is 353 g/mol. The number of benzene rings is 1. The topological polar surface area (TPSA) is 101 Å². The zero-order chi connectivity index (χ0) is 15.9. The summed E-state index contributed by atoms with van der Waals surface area (Å²) in [5.41, 5.74) is 0.195. The predicted octanol–water partition coefficient (Wildman–Crippen LogP) is 1.97. The number of rotatable bonds is 4. The molecule has 21 heavy (non-hydrogen) atoms. The molecule has 1 unspecified atom stereocenters. The quantitative estimate of drug-likeness (QED) is 0.858. The lowest BCUT2D eigenvalue weighted by Crippen LogP contribution is -2.13. The van der Waals surface area contributed by atoms with E-state index >= 15 is 0 Å². The number of hydrogen-bond acceptors (Lipinski definition) is 5. The van der Waals surface area contributed by atoms with Gasteiger partial charge < -0.3 is 14.9 Å². The van der Waals surface area contributed by atoms with Gasteiger partial charge in [0.2, 0.25) is 9.84 Å². The van der Waals surface area contributed by atoms with Gasteiger partial charge in [-0.1, -0.05) is 23.2 Å². The van der Waals surface area contributed by atoms with Gasteiger partial charge in [0, 0.05) is 0 Å². The van der Waals surface area contributed by atoms with E-state index in [1.807, 2.05) is 0 Å². The molecule has 6 nitrogen and oxygen atoms in total. The predicted molar refractivity (Wildman–Crippen MR) is 76.4 cm³/mol. The number of aliphatic hydroxyl groups excluding tert-OH is 1. The molecule has 1 aromatic carbocycles. The molecule has 1 heterocycles. The van der Waals surface area contributed by atoms with Gasteiger partial charge in [-0.05, 0) is 24.6 Å². The van der Waals surface area contributed by atoms with E-state index in [-0.39, 0.29) is 31.2 Å². The summed E-state index contributed by atoms with van der Waals surface area (Å²) in [4.78, 5) is 10.1. The van der Waals surface area contributed by atoms with Crippen LogP contribution in [0.5, 0.6) is 5.75 Å². The summed E-state index contributed by atoms with van der Waals surface area (Å²) in [5.74, 6) is -1.25. The molecule has 114 valence electrons. The van der Waals surface area contributed by atoms with Crippen molar-refractivity contribution in [3.63, 3.8) is 0 Å². The molecule has 0 bridgehead atoms. The average Bonchev–Trinajstić information content (AvgIpc) is 2.63. The minimum atomic E-state index is -3.92. The Balaban J connectivity index is 2.59. The third-order valence-electron chi connectivity index (χ3n) is 2.80. The SMILES string of the molecule is CC(O)C1=Cc2cc(OCC(=O)O)c(Cl)c(Cl)c2S1(=O)=O. The number of hydrogen-bond donors (Lipinski definition) is 2. The Morgan fingerprint density at radius 3 is 2.52 bits per heavy atom. The van der Waals surface area contributed by atoms with E-state index in [0.717, 1.165) is 0 Å². The molecule has 0 saturated carbocycles. The van der Waals surface area contributed by atoms with E-state index in [9.17, 15) is 18.3 Å². The Kier molecular flexibility index (Phi) is 4.21. The minimum absolute atomic E-state index is 0.0406. The van der Waals surface area contributed by atoms with Gasteiger partial charge in [-0.25, -0.2) is 13.2 Å². The molecule has 2 N–H and O–H groups in total. The van der Waals surface area contributed by atoms with Crippen LogP contribution < -0.4 is 4.74 Å². The van der Waals surface area contributed by atoms with Crippen molar-refractivity contribution in [3.8, 4) is 5.75 Å². The molecule has 1 aromatic rings. The van der Waals surface area contributed by atoms with Gasteiger partial charge in [-0.2, -0.15) is 0 Å². The molecule has 0 spiro atoms. The Labute approximate surface area is 130 Å². The van der Waals surface area contributed by atoms with Crippen LogP contribution in [0.15, 0.2) is 15.9 Å². The first kappa shape index (κ1) is 16.1. The number of aliphatic hydroxyl groups is 1. The van der Waals surface area contributed by atoms with Crippen molar-refractivity contribution >= 4 is 45.1 Å². The lowest BCUT2D eigenvalue weighted by atomic mass is 10.2. The smallest absolute Gasteiger partial charge is 0.341 e. The number of carboxylic acid groups (broad SMARTS) is 1.